The highest BCUT2D eigenvalue weighted by Crippen LogP contribution is 1.97. The lowest BCUT2D eigenvalue weighted by Gasteiger charge is -2.08. The van der Waals surface area contributed by atoms with Crippen molar-refractivity contribution in [2.75, 3.05) is 0 Å². The van der Waals surface area contributed by atoms with E-state index < -0.39 is 17.5 Å². The van der Waals surface area contributed by atoms with Crippen LogP contribution in [0.3, 0.4) is 0 Å². The Hall–Kier alpha value is -0.940. The van der Waals surface area contributed by atoms with Crippen molar-refractivity contribution in [2.45, 2.75) is 12.7 Å². The Balaban J connectivity index is 4.23. The molecule has 0 aliphatic carbocycles. The van der Waals surface area contributed by atoms with Crippen molar-refractivity contribution in [3.8, 4) is 0 Å². The van der Waals surface area contributed by atoms with Crippen LogP contribution in [0.15, 0.2) is 0 Å². The third kappa shape index (κ3) is 2.20. The van der Waals surface area contributed by atoms with Crippen LogP contribution in [0.1, 0.15) is 6.92 Å². The van der Waals surface area contributed by atoms with E-state index in [9.17, 15) is 9.59 Å². The predicted molar refractivity (Wildman–Crippen MR) is 25.5 cm³/mol. The third-order valence-corrected chi connectivity index (χ3v) is 0.624. The Morgan fingerprint density at radius 3 is 1.67 bits per heavy atom. The monoisotopic (exact) mass is 134 g/mol. The Bertz CT molecular complexity index is 142. The fourth-order valence-corrected chi connectivity index (χ4v) is 0.203. The molecule has 0 saturated carbocycles. The summed E-state index contributed by atoms with van der Waals surface area (Å²) in [6.45, 7) is 0.684. The number of aliphatic hydroxyl groups is 2. The van der Waals surface area contributed by atoms with E-state index in [4.69, 9.17) is 15.3 Å². The summed E-state index contributed by atoms with van der Waals surface area (Å²) in [5.74, 6) is -6.25. The van der Waals surface area contributed by atoms with Gasteiger partial charge >= 0.3 is 5.97 Å². The highest BCUT2D eigenvalue weighted by Gasteiger charge is 2.32. The minimum Gasteiger partial charge on any atom is -0.475 e. The smallest absolute Gasteiger partial charge is 0.378 e. The molecular formula is C4H6O5. The van der Waals surface area contributed by atoms with Crippen LogP contribution in [0.2, 0.25) is 0 Å². The fraction of sp³-hybridized carbons (Fsp3) is 0.500. The first-order chi connectivity index (χ1) is 3.85. The summed E-state index contributed by atoms with van der Waals surface area (Å²) in [6, 6.07) is 0. The van der Waals surface area contributed by atoms with Gasteiger partial charge in [0.05, 0.1) is 0 Å². The van der Waals surface area contributed by atoms with Crippen molar-refractivity contribution in [3.05, 3.63) is 0 Å². The second-order valence-electron chi connectivity index (χ2n) is 1.66. The average Bonchev–Trinajstić information content (AvgIpc) is 1.62. The second-order valence-corrected chi connectivity index (χ2v) is 1.66. The summed E-state index contributed by atoms with van der Waals surface area (Å²) in [5, 5.41) is 24.4. The largest absolute Gasteiger partial charge is 0.475 e. The lowest BCUT2D eigenvalue weighted by atomic mass is 10.2. The zero-order valence-corrected chi connectivity index (χ0v) is 4.66. The van der Waals surface area contributed by atoms with Crippen LogP contribution in [0.25, 0.3) is 0 Å². The Morgan fingerprint density at radius 1 is 1.33 bits per heavy atom. The number of carbonyl (C=O) groups is 2. The molecule has 0 saturated heterocycles. The number of carboxylic acid groups (broad SMARTS) is 1. The molecule has 0 aromatic carbocycles. The summed E-state index contributed by atoms with van der Waals surface area (Å²) in [7, 11) is 0. The molecule has 0 spiro atoms. The number of carboxylic acids is 1. The summed E-state index contributed by atoms with van der Waals surface area (Å²) in [6.07, 6.45) is 0. The molecule has 0 amide bonds. The van der Waals surface area contributed by atoms with Crippen LogP contribution in [0.4, 0.5) is 0 Å². The van der Waals surface area contributed by atoms with Gasteiger partial charge in [0, 0.05) is 0 Å². The van der Waals surface area contributed by atoms with Gasteiger partial charge in [-0.1, -0.05) is 0 Å². The topological polar surface area (TPSA) is 94.8 Å². The van der Waals surface area contributed by atoms with Crippen molar-refractivity contribution in [1.82, 2.24) is 0 Å². The lowest BCUT2D eigenvalue weighted by Crippen LogP contribution is -2.39. The Morgan fingerprint density at radius 2 is 1.67 bits per heavy atom. The molecule has 0 heterocycles. The van der Waals surface area contributed by atoms with Crippen molar-refractivity contribution in [1.29, 1.82) is 0 Å². The molecule has 0 aromatic rings. The van der Waals surface area contributed by atoms with Crippen molar-refractivity contribution >= 4 is 11.8 Å². The van der Waals surface area contributed by atoms with Gasteiger partial charge in [-0.3, -0.25) is 4.79 Å². The normalized spacial score (nSPS) is 11.0. The maximum absolute atomic E-state index is 10.1. The average molecular weight is 134 g/mol. The molecule has 0 atom stereocenters. The van der Waals surface area contributed by atoms with Gasteiger partial charge in [-0.15, -0.1) is 0 Å². The minimum atomic E-state index is -2.76. The van der Waals surface area contributed by atoms with E-state index in [0.29, 0.717) is 6.92 Å². The molecule has 0 unspecified atom stereocenters. The third-order valence-electron chi connectivity index (χ3n) is 0.624. The molecule has 0 rings (SSSR count). The van der Waals surface area contributed by atoms with E-state index in [2.05, 4.69) is 0 Å². The van der Waals surface area contributed by atoms with Crippen LogP contribution >= 0.6 is 0 Å². The van der Waals surface area contributed by atoms with Gasteiger partial charge in [0.25, 0.3) is 5.78 Å². The summed E-state index contributed by atoms with van der Waals surface area (Å²) in [4.78, 5) is 19.7. The predicted octanol–water partition coefficient (Wildman–Crippen LogP) is -1.66. The van der Waals surface area contributed by atoms with Gasteiger partial charge in [-0.2, -0.15) is 0 Å². The van der Waals surface area contributed by atoms with E-state index >= 15 is 0 Å². The lowest BCUT2D eigenvalue weighted by molar-refractivity contribution is -0.184. The first-order valence-electron chi connectivity index (χ1n) is 2.08. The molecule has 0 aliphatic heterocycles. The number of Topliss-reactive ketones (excluding diaryl/α,β-unsaturated/α-hetero) is 1. The van der Waals surface area contributed by atoms with E-state index in [1.165, 1.54) is 0 Å². The van der Waals surface area contributed by atoms with Crippen molar-refractivity contribution in [3.63, 3.8) is 0 Å². The molecule has 0 fully saturated rings. The Kier molecular flexibility index (Phi) is 1.90. The highest BCUT2D eigenvalue weighted by atomic mass is 16.5. The van der Waals surface area contributed by atoms with Crippen LogP contribution in [-0.4, -0.2) is 32.9 Å². The SMILES string of the molecule is CC(O)(O)C(=O)C(=O)O. The maximum atomic E-state index is 10.1. The first kappa shape index (κ1) is 8.06. The Labute approximate surface area is 50.5 Å². The zero-order chi connectivity index (χ0) is 7.65. The number of hydrogen-bond acceptors (Lipinski definition) is 4. The molecule has 9 heavy (non-hydrogen) atoms. The zero-order valence-electron chi connectivity index (χ0n) is 4.66. The number of ketones is 1. The summed E-state index contributed by atoms with van der Waals surface area (Å²) < 4.78 is 0. The van der Waals surface area contributed by atoms with E-state index in [-0.39, 0.29) is 0 Å². The van der Waals surface area contributed by atoms with Gasteiger partial charge in [0.1, 0.15) is 0 Å². The number of hydrogen-bond donors (Lipinski definition) is 3. The van der Waals surface area contributed by atoms with Gasteiger partial charge in [-0.25, -0.2) is 4.79 Å². The summed E-state index contributed by atoms with van der Waals surface area (Å²) in [5.41, 5.74) is 0. The number of aliphatic carboxylic acids is 1. The van der Waals surface area contributed by atoms with Gasteiger partial charge in [0.15, 0.2) is 0 Å². The van der Waals surface area contributed by atoms with Crippen molar-refractivity contribution < 1.29 is 24.9 Å². The second kappa shape index (κ2) is 2.12. The fourth-order valence-electron chi connectivity index (χ4n) is 0.203. The minimum absolute atomic E-state index is 0.684. The first-order valence-corrected chi connectivity index (χ1v) is 2.08. The summed E-state index contributed by atoms with van der Waals surface area (Å²) >= 11 is 0. The van der Waals surface area contributed by atoms with Crippen LogP contribution in [-0.2, 0) is 9.59 Å². The molecule has 3 N–H and O–H groups in total. The van der Waals surface area contributed by atoms with Crippen LogP contribution < -0.4 is 0 Å². The molecule has 0 radical (unpaired) electrons. The molecular weight excluding hydrogens is 128 g/mol. The molecule has 5 heteroatoms. The maximum Gasteiger partial charge on any atom is 0.378 e. The standard InChI is InChI=1S/C4H6O5/c1-4(8,9)2(5)3(6)7/h8-9H,1H3,(H,6,7). The highest BCUT2D eigenvalue weighted by molar-refractivity contribution is 6.35. The van der Waals surface area contributed by atoms with E-state index in [0.717, 1.165) is 0 Å². The van der Waals surface area contributed by atoms with E-state index in [1.54, 1.807) is 0 Å². The molecule has 0 aliphatic rings. The van der Waals surface area contributed by atoms with E-state index in [1.807, 2.05) is 0 Å². The number of rotatable bonds is 2. The molecule has 0 aromatic heterocycles. The molecule has 5 nitrogen and oxygen atoms in total. The molecule has 52 valence electrons. The van der Waals surface area contributed by atoms with Gasteiger partial charge in [-0.05, 0) is 6.92 Å². The van der Waals surface area contributed by atoms with Crippen LogP contribution in [0.5, 0.6) is 0 Å². The van der Waals surface area contributed by atoms with Gasteiger partial charge in [0.2, 0.25) is 5.79 Å². The quantitative estimate of drug-likeness (QED) is 0.310. The van der Waals surface area contributed by atoms with Crippen molar-refractivity contribution in [2.24, 2.45) is 0 Å². The van der Waals surface area contributed by atoms with Crippen LogP contribution in [0, 0.1) is 0 Å². The van der Waals surface area contributed by atoms with Gasteiger partial charge < -0.3 is 15.3 Å². The molecule has 0 bridgehead atoms. The number of carbonyl (C=O) groups excluding carboxylic acids is 1.